The van der Waals surface area contributed by atoms with Crippen molar-refractivity contribution >= 4 is 17.4 Å². The zero-order valence-corrected chi connectivity index (χ0v) is 14.5. The quantitative estimate of drug-likeness (QED) is 0.926. The van der Waals surface area contributed by atoms with Gasteiger partial charge in [-0.2, -0.15) is 0 Å². The fraction of sp³-hybridized carbons (Fsp3) is 0.688. The number of rotatable bonds is 4. The van der Waals surface area contributed by atoms with Gasteiger partial charge in [-0.15, -0.1) is 0 Å². The predicted octanol–water partition coefficient (Wildman–Crippen LogP) is 2.76. The first-order chi connectivity index (χ1) is 9.79. The van der Waals surface area contributed by atoms with Gasteiger partial charge in [0.15, 0.2) is 0 Å². The highest BCUT2D eigenvalue weighted by Gasteiger charge is 2.31. The summed E-state index contributed by atoms with van der Waals surface area (Å²) in [4.78, 5) is 9.53. The third-order valence-corrected chi connectivity index (χ3v) is 4.57. The molecule has 0 spiro atoms. The van der Waals surface area contributed by atoms with Crippen LogP contribution in [0.5, 0.6) is 0 Å². The average molecular weight is 311 g/mol. The standard InChI is InChI=1S/C16H27ClN4/c1-12(2)18-10-14-13(17)6-7-15(19-14)21-9-8-20(5)16(3,4)11-21/h6-7,12,18H,8-11H2,1-5H3. The molecular formula is C16H27ClN4. The summed E-state index contributed by atoms with van der Waals surface area (Å²) in [6.07, 6.45) is 0. The van der Waals surface area contributed by atoms with Gasteiger partial charge in [-0.25, -0.2) is 4.98 Å². The fourth-order valence-corrected chi connectivity index (χ4v) is 2.68. The van der Waals surface area contributed by atoms with E-state index < -0.39 is 0 Å². The molecule has 21 heavy (non-hydrogen) atoms. The molecule has 0 bridgehead atoms. The lowest BCUT2D eigenvalue weighted by molar-refractivity contribution is 0.138. The van der Waals surface area contributed by atoms with Gasteiger partial charge < -0.3 is 10.2 Å². The maximum Gasteiger partial charge on any atom is 0.129 e. The van der Waals surface area contributed by atoms with Gasteiger partial charge in [0, 0.05) is 37.8 Å². The molecule has 0 amide bonds. The lowest BCUT2D eigenvalue weighted by Crippen LogP contribution is -2.57. The van der Waals surface area contributed by atoms with Crippen molar-refractivity contribution in [3.63, 3.8) is 0 Å². The summed E-state index contributed by atoms with van der Waals surface area (Å²) < 4.78 is 0. The molecule has 1 N–H and O–H groups in total. The van der Waals surface area contributed by atoms with E-state index in [4.69, 9.17) is 16.6 Å². The Bertz CT molecular complexity index is 487. The maximum atomic E-state index is 6.27. The average Bonchev–Trinajstić information content (AvgIpc) is 2.41. The van der Waals surface area contributed by atoms with Gasteiger partial charge in [-0.1, -0.05) is 25.4 Å². The molecule has 0 saturated carbocycles. The summed E-state index contributed by atoms with van der Waals surface area (Å²) in [5.41, 5.74) is 1.09. The van der Waals surface area contributed by atoms with E-state index in [0.717, 1.165) is 36.2 Å². The summed E-state index contributed by atoms with van der Waals surface area (Å²) in [6, 6.07) is 4.42. The number of hydrogen-bond donors (Lipinski definition) is 1. The molecule has 2 heterocycles. The van der Waals surface area contributed by atoms with E-state index in [0.29, 0.717) is 12.6 Å². The Labute approximate surface area is 133 Å². The minimum atomic E-state index is 0.163. The third-order valence-electron chi connectivity index (χ3n) is 4.22. The van der Waals surface area contributed by atoms with E-state index in [1.165, 1.54) is 0 Å². The van der Waals surface area contributed by atoms with E-state index in [-0.39, 0.29) is 5.54 Å². The highest BCUT2D eigenvalue weighted by molar-refractivity contribution is 6.31. The molecule has 1 fully saturated rings. The first kappa shape index (κ1) is 16.5. The molecule has 0 atom stereocenters. The van der Waals surface area contributed by atoms with Crippen LogP contribution in [0.15, 0.2) is 12.1 Å². The van der Waals surface area contributed by atoms with Crippen LogP contribution < -0.4 is 10.2 Å². The van der Waals surface area contributed by atoms with Crippen LogP contribution in [0.1, 0.15) is 33.4 Å². The second-order valence-corrected chi connectivity index (χ2v) is 7.20. The van der Waals surface area contributed by atoms with Gasteiger partial charge in [0.25, 0.3) is 0 Å². The molecule has 0 aromatic carbocycles. The van der Waals surface area contributed by atoms with E-state index in [1.807, 2.05) is 12.1 Å². The number of hydrogen-bond acceptors (Lipinski definition) is 4. The van der Waals surface area contributed by atoms with Crippen LogP contribution in [0, 0.1) is 0 Å². The molecule has 1 aliphatic rings. The van der Waals surface area contributed by atoms with E-state index in [1.54, 1.807) is 0 Å². The van der Waals surface area contributed by atoms with Crippen molar-refractivity contribution in [3.8, 4) is 0 Å². The minimum absolute atomic E-state index is 0.163. The zero-order chi connectivity index (χ0) is 15.6. The Morgan fingerprint density at radius 3 is 2.67 bits per heavy atom. The summed E-state index contributed by atoms with van der Waals surface area (Å²) in [5, 5.41) is 4.12. The topological polar surface area (TPSA) is 31.4 Å². The number of piperazine rings is 1. The van der Waals surface area contributed by atoms with Gasteiger partial charge in [0.2, 0.25) is 0 Å². The molecule has 5 heteroatoms. The Morgan fingerprint density at radius 1 is 1.33 bits per heavy atom. The first-order valence-electron chi connectivity index (χ1n) is 7.64. The van der Waals surface area contributed by atoms with Crippen LogP contribution >= 0.6 is 11.6 Å². The smallest absolute Gasteiger partial charge is 0.129 e. The number of pyridine rings is 1. The van der Waals surface area contributed by atoms with Crippen LogP contribution in [0.25, 0.3) is 0 Å². The van der Waals surface area contributed by atoms with Crippen molar-refractivity contribution in [2.24, 2.45) is 0 Å². The SMILES string of the molecule is CC(C)NCc1nc(N2CCN(C)C(C)(C)C2)ccc1Cl. The molecule has 1 saturated heterocycles. The number of nitrogens with zero attached hydrogens (tertiary/aromatic N) is 3. The van der Waals surface area contributed by atoms with Gasteiger partial charge in [0.05, 0.1) is 10.7 Å². The molecule has 4 nitrogen and oxygen atoms in total. The number of aromatic nitrogens is 1. The van der Waals surface area contributed by atoms with E-state index in [2.05, 4.69) is 49.9 Å². The maximum absolute atomic E-state index is 6.27. The molecule has 0 unspecified atom stereocenters. The van der Waals surface area contributed by atoms with Gasteiger partial charge >= 0.3 is 0 Å². The van der Waals surface area contributed by atoms with Crippen molar-refractivity contribution in [1.29, 1.82) is 0 Å². The number of halogens is 1. The molecule has 118 valence electrons. The summed E-state index contributed by atoms with van der Waals surface area (Å²) >= 11 is 6.27. The summed E-state index contributed by atoms with van der Waals surface area (Å²) in [7, 11) is 2.19. The number of nitrogens with one attached hydrogen (secondary N) is 1. The van der Waals surface area contributed by atoms with Crippen molar-refractivity contribution in [3.05, 3.63) is 22.8 Å². The van der Waals surface area contributed by atoms with Gasteiger partial charge in [-0.3, -0.25) is 4.90 Å². The predicted molar refractivity (Wildman–Crippen MR) is 90.1 cm³/mol. The van der Waals surface area contributed by atoms with Gasteiger partial charge in [0.1, 0.15) is 5.82 Å². The molecule has 0 radical (unpaired) electrons. The second kappa shape index (κ2) is 6.51. The Balaban J connectivity index is 2.15. The van der Waals surface area contributed by atoms with Crippen molar-refractivity contribution in [2.45, 2.75) is 45.8 Å². The highest BCUT2D eigenvalue weighted by Crippen LogP contribution is 2.25. The lowest BCUT2D eigenvalue weighted by atomic mass is 10.00. The summed E-state index contributed by atoms with van der Waals surface area (Å²) in [6.45, 7) is 12.5. The lowest BCUT2D eigenvalue weighted by Gasteiger charge is -2.45. The van der Waals surface area contributed by atoms with Crippen LogP contribution in [-0.2, 0) is 6.54 Å². The second-order valence-electron chi connectivity index (χ2n) is 6.79. The molecule has 1 aromatic heterocycles. The molecule has 1 aromatic rings. The van der Waals surface area contributed by atoms with E-state index in [9.17, 15) is 0 Å². The highest BCUT2D eigenvalue weighted by atomic mass is 35.5. The van der Waals surface area contributed by atoms with Crippen LogP contribution in [0.4, 0.5) is 5.82 Å². The van der Waals surface area contributed by atoms with Crippen molar-refractivity contribution in [1.82, 2.24) is 15.2 Å². The number of anilines is 1. The Hall–Kier alpha value is -0.840. The monoisotopic (exact) mass is 310 g/mol. The molecule has 0 aliphatic carbocycles. The third kappa shape index (κ3) is 4.09. The molecule has 2 rings (SSSR count). The zero-order valence-electron chi connectivity index (χ0n) is 13.8. The Kier molecular flexibility index (Phi) is 5.12. The molecular weight excluding hydrogens is 284 g/mol. The largest absolute Gasteiger partial charge is 0.353 e. The van der Waals surface area contributed by atoms with Gasteiger partial charge in [-0.05, 0) is 33.0 Å². The Morgan fingerprint density at radius 2 is 2.05 bits per heavy atom. The normalized spacial score (nSPS) is 19.3. The van der Waals surface area contributed by atoms with Crippen LogP contribution in [-0.4, -0.2) is 48.1 Å². The van der Waals surface area contributed by atoms with Crippen LogP contribution in [0.3, 0.4) is 0 Å². The van der Waals surface area contributed by atoms with Crippen molar-refractivity contribution in [2.75, 3.05) is 31.6 Å². The number of likely N-dealkylation sites (N-methyl/N-ethyl adjacent to an activating group) is 1. The fourth-order valence-electron chi connectivity index (χ4n) is 2.51. The van der Waals surface area contributed by atoms with E-state index >= 15 is 0 Å². The minimum Gasteiger partial charge on any atom is -0.353 e. The first-order valence-corrected chi connectivity index (χ1v) is 8.02. The summed E-state index contributed by atoms with van der Waals surface area (Å²) in [5.74, 6) is 1.03. The molecule has 1 aliphatic heterocycles. The van der Waals surface area contributed by atoms with Crippen molar-refractivity contribution < 1.29 is 0 Å². The van der Waals surface area contributed by atoms with Crippen LogP contribution in [0.2, 0.25) is 5.02 Å².